The molecule has 1 atom stereocenters. The minimum absolute atomic E-state index is 0.389. The molecule has 0 saturated carbocycles. The fraction of sp³-hybridized carbons (Fsp3) is 0.583. The number of rotatable bonds is 4. The van der Waals surface area contributed by atoms with Gasteiger partial charge in [0.1, 0.15) is 5.15 Å². The van der Waals surface area contributed by atoms with Gasteiger partial charge in [0.2, 0.25) is 0 Å². The van der Waals surface area contributed by atoms with Gasteiger partial charge in [-0.2, -0.15) is 0 Å². The fourth-order valence-corrected chi connectivity index (χ4v) is 2.21. The van der Waals surface area contributed by atoms with Crippen LogP contribution in [-0.2, 0) is 11.3 Å². The highest BCUT2D eigenvalue weighted by atomic mass is 35.5. The molecule has 2 rings (SSSR count). The predicted octanol–water partition coefficient (Wildman–Crippen LogP) is 2.35. The molecular weight excluding hydrogens is 224 g/mol. The van der Waals surface area contributed by atoms with Crippen molar-refractivity contribution >= 4 is 11.6 Å². The summed E-state index contributed by atoms with van der Waals surface area (Å²) < 4.78 is 5.60. The highest BCUT2D eigenvalue weighted by Gasteiger charge is 2.17. The van der Waals surface area contributed by atoms with Crippen molar-refractivity contribution in [1.29, 1.82) is 0 Å². The van der Waals surface area contributed by atoms with Crippen LogP contribution in [0.15, 0.2) is 18.3 Å². The van der Waals surface area contributed by atoms with Crippen molar-refractivity contribution in [2.75, 3.05) is 20.2 Å². The van der Waals surface area contributed by atoms with Crippen LogP contribution in [0.25, 0.3) is 0 Å². The van der Waals surface area contributed by atoms with Crippen LogP contribution in [0.2, 0.25) is 5.15 Å². The number of hydrogen-bond donors (Lipinski definition) is 0. The van der Waals surface area contributed by atoms with E-state index in [1.165, 1.54) is 12.8 Å². The molecule has 0 spiro atoms. The monoisotopic (exact) mass is 240 g/mol. The molecular formula is C12H17ClN2O. The van der Waals surface area contributed by atoms with Crippen LogP contribution in [0.3, 0.4) is 0 Å². The summed E-state index contributed by atoms with van der Waals surface area (Å²) in [6, 6.07) is 3.93. The SMILES string of the molecule is CN(Cc1cccnc1Cl)CC1CCCO1. The topological polar surface area (TPSA) is 25.4 Å². The molecule has 1 aromatic rings. The van der Waals surface area contributed by atoms with Crippen LogP contribution < -0.4 is 0 Å². The van der Waals surface area contributed by atoms with Gasteiger partial charge in [-0.3, -0.25) is 4.90 Å². The minimum Gasteiger partial charge on any atom is -0.377 e. The number of halogens is 1. The van der Waals surface area contributed by atoms with E-state index in [0.717, 1.165) is 25.3 Å². The lowest BCUT2D eigenvalue weighted by Gasteiger charge is -2.20. The van der Waals surface area contributed by atoms with Gasteiger partial charge in [0, 0.05) is 31.5 Å². The van der Waals surface area contributed by atoms with E-state index in [1.807, 2.05) is 12.1 Å². The van der Waals surface area contributed by atoms with E-state index in [4.69, 9.17) is 16.3 Å². The molecule has 0 N–H and O–H groups in total. The summed E-state index contributed by atoms with van der Waals surface area (Å²) in [5, 5.41) is 0.599. The van der Waals surface area contributed by atoms with Crippen molar-refractivity contribution in [3.63, 3.8) is 0 Å². The molecule has 1 unspecified atom stereocenters. The molecule has 1 aromatic heterocycles. The quantitative estimate of drug-likeness (QED) is 0.756. The Bertz CT molecular complexity index is 340. The summed E-state index contributed by atoms with van der Waals surface area (Å²) in [4.78, 5) is 6.31. The molecule has 0 aliphatic carbocycles. The average Bonchev–Trinajstić information content (AvgIpc) is 2.74. The largest absolute Gasteiger partial charge is 0.377 e. The third-order valence-electron chi connectivity index (χ3n) is 2.82. The van der Waals surface area contributed by atoms with Crippen LogP contribution in [0.1, 0.15) is 18.4 Å². The van der Waals surface area contributed by atoms with Crippen molar-refractivity contribution in [3.05, 3.63) is 29.0 Å². The second-order valence-electron chi connectivity index (χ2n) is 4.29. The van der Waals surface area contributed by atoms with E-state index < -0.39 is 0 Å². The van der Waals surface area contributed by atoms with Crippen LogP contribution in [0.5, 0.6) is 0 Å². The zero-order valence-corrected chi connectivity index (χ0v) is 10.3. The molecule has 1 aliphatic heterocycles. The maximum absolute atomic E-state index is 6.02. The first-order valence-electron chi connectivity index (χ1n) is 5.65. The lowest BCUT2D eigenvalue weighted by Crippen LogP contribution is -2.28. The normalized spacial score (nSPS) is 20.6. The molecule has 1 aliphatic rings. The number of hydrogen-bond acceptors (Lipinski definition) is 3. The highest BCUT2D eigenvalue weighted by molar-refractivity contribution is 6.30. The number of ether oxygens (including phenoxy) is 1. The summed E-state index contributed by atoms with van der Waals surface area (Å²) in [7, 11) is 2.09. The lowest BCUT2D eigenvalue weighted by molar-refractivity contribution is 0.0793. The molecule has 2 heterocycles. The number of pyridine rings is 1. The molecule has 1 fully saturated rings. The van der Waals surface area contributed by atoms with E-state index in [1.54, 1.807) is 6.20 Å². The summed E-state index contributed by atoms with van der Waals surface area (Å²) in [6.07, 6.45) is 4.46. The lowest BCUT2D eigenvalue weighted by atomic mass is 10.2. The number of likely N-dealkylation sites (N-methyl/N-ethyl adjacent to an activating group) is 1. The number of nitrogens with zero attached hydrogens (tertiary/aromatic N) is 2. The molecule has 16 heavy (non-hydrogen) atoms. The van der Waals surface area contributed by atoms with Crippen molar-refractivity contribution in [2.24, 2.45) is 0 Å². The Morgan fingerprint density at radius 2 is 2.50 bits per heavy atom. The Labute approximate surface area is 101 Å². The highest BCUT2D eigenvalue weighted by Crippen LogP contribution is 2.16. The van der Waals surface area contributed by atoms with Gasteiger partial charge in [-0.15, -0.1) is 0 Å². The second-order valence-corrected chi connectivity index (χ2v) is 4.64. The van der Waals surface area contributed by atoms with E-state index in [-0.39, 0.29) is 0 Å². The van der Waals surface area contributed by atoms with Gasteiger partial charge < -0.3 is 4.74 Å². The zero-order valence-electron chi connectivity index (χ0n) is 9.53. The molecule has 0 bridgehead atoms. The Morgan fingerprint density at radius 1 is 1.62 bits per heavy atom. The van der Waals surface area contributed by atoms with Crippen molar-refractivity contribution in [1.82, 2.24) is 9.88 Å². The summed E-state index contributed by atoms with van der Waals surface area (Å²) >= 11 is 6.02. The molecule has 1 saturated heterocycles. The predicted molar refractivity (Wildman–Crippen MR) is 64.6 cm³/mol. The maximum Gasteiger partial charge on any atom is 0.133 e. The Kier molecular flexibility index (Phi) is 4.16. The van der Waals surface area contributed by atoms with Crippen molar-refractivity contribution in [3.8, 4) is 0 Å². The molecule has 0 radical (unpaired) electrons. The third kappa shape index (κ3) is 3.17. The second kappa shape index (κ2) is 5.62. The first-order valence-corrected chi connectivity index (χ1v) is 6.03. The van der Waals surface area contributed by atoms with Crippen LogP contribution >= 0.6 is 11.6 Å². The Morgan fingerprint density at radius 3 is 3.19 bits per heavy atom. The maximum atomic E-state index is 6.02. The van der Waals surface area contributed by atoms with E-state index in [2.05, 4.69) is 16.9 Å². The van der Waals surface area contributed by atoms with Gasteiger partial charge >= 0.3 is 0 Å². The summed E-state index contributed by atoms with van der Waals surface area (Å²) in [5.41, 5.74) is 1.07. The van der Waals surface area contributed by atoms with Crippen LogP contribution in [0, 0.1) is 0 Å². The third-order valence-corrected chi connectivity index (χ3v) is 3.16. The number of aromatic nitrogens is 1. The van der Waals surface area contributed by atoms with E-state index in [9.17, 15) is 0 Å². The molecule has 88 valence electrons. The standard InChI is InChI=1S/C12H17ClN2O/c1-15(9-11-5-3-7-16-11)8-10-4-2-6-14-12(10)13/h2,4,6,11H,3,5,7-9H2,1H3. The van der Waals surface area contributed by atoms with E-state index in [0.29, 0.717) is 11.3 Å². The van der Waals surface area contributed by atoms with Crippen molar-refractivity contribution < 1.29 is 4.74 Å². The minimum atomic E-state index is 0.389. The van der Waals surface area contributed by atoms with Crippen LogP contribution in [0.4, 0.5) is 0 Å². The molecule has 3 nitrogen and oxygen atoms in total. The van der Waals surface area contributed by atoms with Gasteiger partial charge in [-0.1, -0.05) is 17.7 Å². The summed E-state index contributed by atoms with van der Waals surface area (Å²) in [5.74, 6) is 0. The molecule has 0 aromatic carbocycles. The van der Waals surface area contributed by atoms with Crippen LogP contribution in [-0.4, -0.2) is 36.2 Å². The smallest absolute Gasteiger partial charge is 0.133 e. The Hall–Kier alpha value is -0.640. The molecule has 0 amide bonds. The zero-order chi connectivity index (χ0) is 11.4. The van der Waals surface area contributed by atoms with Gasteiger partial charge in [0.15, 0.2) is 0 Å². The van der Waals surface area contributed by atoms with Gasteiger partial charge in [0.05, 0.1) is 6.10 Å². The summed E-state index contributed by atoms with van der Waals surface area (Å²) in [6.45, 7) is 2.70. The van der Waals surface area contributed by atoms with Crippen molar-refractivity contribution in [2.45, 2.75) is 25.5 Å². The first kappa shape index (κ1) is 11.8. The fourth-order valence-electron chi connectivity index (χ4n) is 2.03. The molecule has 4 heteroatoms. The first-order chi connectivity index (χ1) is 7.75. The average molecular weight is 241 g/mol. The Balaban J connectivity index is 1.86. The van der Waals surface area contributed by atoms with Gasteiger partial charge in [-0.25, -0.2) is 4.98 Å². The van der Waals surface area contributed by atoms with Gasteiger partial charge in [0.25, 0.3) is 0 Å². The van der Waals surface area contributed by atoms with Gasteiger partial charge in [-0.05, 0) is 26.0 Å². The van der Waals surface area contributed by atoms with E-state index >= 15 is 0 Å².